The number of rotatable bonds is 7. The summed E-state index contributed by atoms with van der Waals surface area (Å²) < 4.78 is 0. The molecule has 2 aromatic rings. The summed E-state index contributed by atoms with van der Waals surface area (Å²) in [5.74, 6) is -0.895. The van der Waals surface area contributed by atoms with Crippen LogP contribution < -0.4 is 0 Å². The van der Waals surface area contributed by atoms with Crippen LogP contribution in [0.3, 0.4) is 0 Å². The second kappa shape index (κ2) is 7.00. The number of aryl methyl sites for hydroxylation is 1. The molecule has 0 radical (unpaired) electrons. The van der Waals surface area contributed by atoms with Crippen molar-refractivity contribution in [1.29, 1.82) is 0 Å². The normalized spacial score (nSPS) is 16.0. The van der Waals surface area contributed by atoms with Gasteiger partial charge in [0.15, 0.2) is 0 Å². The zero-order valence-electron chi connectivity index (χ0n) is 14.5. The number of carbonyl (C=O) groups is 2. The third kappa shape index (κ3) is 3.25. The topological polar surface area (TPSA) is 54.4 Å². The van der Waals surface area contributed by atoms with Crippen molar-refractivity contribution in [1.82, 2.24) is 0 Å². The Morgan fingerprint density at radius 1 is 1.00 bits per heavy atom. The summed E-state index contributed by atoms with van der Waals surface area (Å²) >= 11 is 0. The van der Waals surface area contributed by atoms with Crippen LogP contribution in [0.5, 0.6) is 0 Å². The lowest BCUT2D eigenvalue weighted by molar-refractivity contribution is -0.140. The summed E-state index contributed by atoms with van der Waals surface area (Å²) in [6.45, 7) is 5.95. The molecular formula is C21H24O3. The zero-order valence-corrected chi connectivity index (χ0v) is 14.5. The van der Waals surface area contributed by atoms with E-state index in [1.165, 1.54) is 0 Å². The Kier molecular flexibility index (Phi) is 5.23. The second-order valence-electron chi connectivity index (χ2n) is 6.86. The Hall–Kier alpha value is -2.42. The minimum Gasteiger partial charge on any atom is -0.481 e. The highest BCUT2D eigenvalue weighted by Crippen LogP contribution is 2.50. The first-order valence-corrected chi connectivity index (χ1v) is 8.11. The van der Waals surface area contributed by atoms with Crippen molar-refractivity contribution in [3.8, 4) is 0 Å². The highest BCUT2D eigenvalue weighted by molar-refractivity contribution is 5.70. The molecular weight excluding hydrogens is 300 g/mol. The molecule has 0 heterocycles. The van der Waals surface area contributed by atoms with E-state index in [4.69, 9.17) is 0 Å². The van der Waals surface area contributed by atoms with E-state index in [1.54, 1.807) is 0 Å². The van der Waals surface area contributed by atoms with E-state index >= 15 is 0 Å². The van der Waals surface area contributed by atoms with Crippen molar-refractivity contribution >= 4 is 12.3 Å². The van der Waals surface area contributed by atoms with Crippen LogP contribution in [0.1, 0.15) is 43.4 Å². The van der Waals surface area contributed by atoms with Gasteiger partial charge >= 0.3 is 5.97 Å². The number of hydrogen-bond acceptors (Lipinski definition) is 2. The first-order chi connectivity index (χ1) is 11.3. The Labute approximate surface area is 143 Å². The van der Waals surface area contributed by atoms with Crippen LogP contribution in [-0.4, -0.2) is 17.4 Å². The fraction of sp³-hybridized carbons (Fsp3) is 0.333. The Morgan fingerprint density at radius 2 is 1.54 bits per heavy atom. The van der Waals surface area contributed by atoms with E-state index in [2.05, 4.69) is 0 Å². The van der Waals surface area contributed by atoms with E-state index in [1.807, 2.05) is 75.4 Å². The highest BCUT2D eigenvalue weighted by atomic mass is 16.4. The molecule has 0 saturated carbocycles. The number of carboxylic acid groups (broad SMARTS) is 1. The third-order valence-electron chi connectivity index (χ3n) is 5.26. The quantitative estimate of drug-likeness (QED) is 0.769. The molecule has 0 aliphatic carbocycles. The van der Waals surface area contributed by atoms with Gasteiger partial charge < -0.3 is 9.90 Å². The number of carboxylic acids is 1. The standard InChI is InChI=1S/C21H24O3/c1-16-9-11-18(12-10-16)21(3,17-7-5-4-6-8-17)20(2,13-14-22)15-19(23)24/h4-12,14H,13,15H2,1-3H3,(H,23,24)/t20-,21+/m1/s1. The van der Waals surface area contributed by atoms with E-state index in [-0.39, 0.29) is 12.8 Å². The molecule has 126 valence electrons. The van der Waals surface area contributed by atoms with Crippen LogP contribution in [-0.2, 0) is 15.0 Å². The molecule has 0 aliphatic rings. The van der Waals surface area contributed by atoms with Crippen LogP contribution in [0.25, 0.3) is 0 Å². The van der Waals surface area contributed by atoms with Gasteiger partial charge in [-0.05, 0) is 23.5 Å². The zero-order chi connectivity index (χ0) is 17.8. The van der Waals surface area contributed by atoms with Crippen molar-refractivity contribution in [3.63, 3.8) is 0 Å². The molecule has 2 rings (SSSR count). The minimum atomic E-state index is -0.895. The molecule has 0 bridgehead atoms. The lowest BCUT2D eigenvalue weighted by atomic mass is 9.56. The maximum absolute atomic E-state index is 11.5. The summed E-state index contributed by atoms with van der Waals surface area (Å²) in [5.41, 5.74) is 1.84. The monoisotopic (exact) mass is 324 g/mol. The molecule has 0 fully saturated rings. The van der Waals surface area contributed by atoms with Gasteiger partial charge in [0.1, 0.15) is 6.29 Å². The Balaban J connectivity index is 2.71. The van der Waals surface area contributed by atoms with Crippen LogP contribution >= 0.6 is 0 Å². The van der Waals surface area contributed by atoms with Crippen LogP contribution in [0.2, 0.25) is 0 Å². The van der Waals surface area contributed by atoms with Crippen molar-refractivity contribution in [2.45, 2.75) is 39.0 Å². The van der Waals surface area contributed by atoms with Gasteiger partial charge in [0.05, 0.1) is 6.42 Å². The molecule has 2 atom stereocenters. The van der Waals surface area contributed by atoms with Gasteiger partial charge in [-0.1, -0.05) is 74.0 Å². The number of aldehydes is 1. The molecule has 2 aromatic carbocycles. The van der Waals surface area contributed by atoms with Gasteiger partial charge in [0.2, 0.25) is 0 Å². The minimum absolute atomic E-state index is 0.0784. The Bertz CT molecular complexity index is 706. The predicted molar refractivity (Wildman–Crippen MR) is 95.1 cm³/mol. The van der Waals surface area contributed by atoms with Gasteiger partial charge in [0.25, 0.3) is 0 Å². The molecule has 3 nitrogen and oxygen atoms in total. The van der Waals surface area contributed by atoms with Crippen molar-refractivity contribution in [3.05, 3.63) is 71.3 Å². The van der Waals surface area contributed by atoms with Gasteiger partial charge in [-0.2, -0.15) is 0 Å². The summed E-state index contributed by atoms with van der Waals surface area (Å²) in [6.07, 6.45) is 0.932. The maximum atomic E-state index is 11.5. The molecule has 0 unspecified atom stereocenters. The summed E-state index contributed by atoms with van der Waals surface area (Å²) in [7, 11) is 0. The fourth-order valence-corrected chi connectivity index (χ4v) is 3.49. The summed E-state index contributed by atoms with van der Waals surface area (Å²) in [6, 6.07) is 18.0. The molecule has 3 heteroatoms. The molecule has 0 aromatic heterocycles. The molecule has 0 spiro atoms. The largest absolute Gasteiger partial charge is 0.481 e. The lowest BCUT2D eigenvalue weighted by Crippen LogP contribution is -2.44. The smallest absolute Gasteiger partial charge is 0.303 e. The second-order valence-corrected chi connectivity index (χ2v) is 6.86. The summed E-state index contributed by atoms with van der Waals surface area (Å²) in [5, 5.41) is 9.46. The van der Waals surface area contributed by atoms with Crippen molar-refractivity contribution in [2.75, 3.05) is 0 Å². The summed E-state index contributed by atoms with van der Waals surface area (Å²) in [4.78, 5) is 22.9. The number of aliphatic carboxylic acids is 1. The highest BCUT2D eigenvalue weighted by Gasteiger charge is 2.47. The average molecular weight is 324 g/mol. The van der Waals surface area contributed by atoms with Gasteiger partial charge in [0, 0.05) is 11.8 Å². The number of benzene rings is 2. The molecule has 0 amide bonds. The maximum Gasteiger partial charge on any atom is 0.303 e. The van der Waals surface area contributed by atoms with Crippen molar-refractivity contribution in [2.24, 2.45) is 5.41 Å². The van der Waals surface area contributed by atoms with Gasteiger partial charge in [-0.15, -0.1) is 0 Å². The van der Waals surface area contributed by atoms with Crippen LogP contribution in [0, 0.1) is 12.3 Å². The lowest BCUT2D eigenvalue weighted by Gasteiger charge is -2.46. The van der Waals surface area contributed by atoms with E-state index in [0.717, 1.165) is 23.0 Å². The van der Waals surface area contributed by atoms with Crippen LogP contribution in [0.15, 0.2) is 54.6 Å². The van der Waals surface area contributed by atoms with Gasteiger partial charge in [-0.25, -0.2) is 0 Å². The predicted octanol–water partition coefficient (Wildman–Crippen LogP) is 4.37. The molecule has 1 N–H and O–H groups in total. The SMILES string of the molecule is Cc1ccc([C@](C)(c2ccccc2)[C@](C)(CC=O)CC(=O)O)cc1. The van der Waals surface area contributed by atoms with Gasteiger partial charge in [-0.3, -0.25) is 4.79 Å². The number of hydrogen-bond donors (Lipinski definition) is 1. The molecule has 24 heavy (non-hydrogen) atoms. The fourth-order valence-electron chi connectivity index (χ4n) is 3.49. The van der Waals surface area contributed by atoms with E-state index in [0.29, 0.717) is 0 Å². The Morgan fingerprint density at radius 3 is 2.04 bits per heavy atom. The van der Waals surface area contributed by atoms with E-state index < -0.39 is 16.8 Å². The molecule has 0 aliphatic heterocycles. The van der Waals surface area contributed by atoms with E-state index in [9.17, 15) is 14.7 Å². The first-order valence-electron chi connectivity index (χ1n) is 8.11. The average Bonchev–Trinajstić information content (AvgIpc) is 2.55. The third-order valence-corrected chi connectivity index (χ3v) is 5.26. The van der Waals surface area contributed by atoms with Crippen LogP contribution in [0.4, 0.5) is 0 Å². The molecule has 0 saturated heterocycles. The van der Waals surface area contributed by atoms with Crippen molar-refractivity contribution < 1.29 is 14.7 Å². The first kappa shape index (κ1) is 17.9. The number of carbonyl (C=O) groups excluding carboxylic acids is 1.